The molecule has 5 heteroatoms. The minimum atomic E-state index is -1.12. The van der Waals surface area contributed by atoms with Gasteiger partial charge in [-0.05, 0) is 18.6 Å². The zero-order valence-electron chi connectivity index (χ0n) is 10.5. The number of carbonyl (C=O) groups excluding carboxylic acids is 1. The Kier molecular flexibility index (Phi) is 6.36. The third-order valence-electron chi connectivity index (χ3n) is 2.40. The number of carbonyl (C=O) groups is 1. The normalized spacial score (nSPS) is 13.9. The summed E-state index contributed by atoms with van der Waals surface area (Å²) in [6, 6.07) is 7.29. The molecule has 0 aliphatic rings. The molecule has 1 aromatic carbocycles. The van der Waals surface area contributed by atoms with Crippen molar-refractivity contribution in [3.63, 3.8) is 0 Å². The molecule has 0 aliphatic carbocycles. The van der Waals surface area contributed by atoms with E-state index in [4.69, 9.17) is 16.3 Å². The van der Waals surface area contributed by atoms with Crippen molar-refractivity contribution < 1.29 is 13.7 Å². The fourth-order valence-electron chi connectivity index (χ4n) is 1.48. The number of rotatable bonds is 6. The summed E-state index contributed by atoms with van der Waals surface area (Å²) in [7, 11) is -1.12. The lowest BCUT2D eigenvalue weighted by Crippen LogP contribution is -2.21. The van der Waals surface area contributed by atoms with Gasteiger partial charge in [0.05, 0.1) is 18.3 Å². The summed E-state index contributed by atoms with van der Waals surface area (Å²) >= 11 is 5.99. The van der Waals surface area contributed by atoms with E-state index in [1.165, 1.54) is 0 Å². The first kappa shape index (κ1) is 15.2. The maximum Gasteiger partial charge on any atom is 0.309 e. The van der Waals surface area contributed by atoms with Crippen LogP contribution in [0.2, 0.25) is 5.02 Å². The van der Waals surface area contributed by atoms with Gasteiger partial charge >= 0.3 is 5.97 Å². The van der Waals surface area contributed by atoms with Crippen molar-refractivity contribution in [3.8, 4) is 0 Å². The highest BCUT2D eigenvalue weighted by atomic mass is 35.5. The highest BCUT2D eigenvalue weighted by molar-refractivity contribution is 7.84. The largest absolute Gasteiger partial charge is 0.466 e. The average molecular weight is 289 g/mol. The number of hydrogen-bond acceptors (Lipinski definition) is 3. The van der Waals surface area contributed by atoms with Crippen LogP contribution in [0.1, 0.15) is 19.4 Å². The lowest BCUT2D eigenvalue weighted by atomic mass is 10.2. The zero-order valence-corrected chi connectivity index (χ0v) is 12.1. The third-order valence-corrected chi connectivity index (χ3v) is 4.27. The van der Waals surface area contributed by atoms with Crippen molar-refractivity contribution in [2.75, 3.05) is 12.4 Å². The Morgan fingerprint density at radius 1 is 1.44 bits per heavy atom. The van der Waals surface area contributed by atoms with E-state index in [1.807, 2.05) is 18.2 Å². The molecule has 0 aliphatic heterocycles. The van der Waals surface area contributed by atoms with E-state index in [-0.39, 0.29) is 11.9 Å². The van der Waals surface area contributed by atoms with Crippen molar-refractivity contribution >= 4 is 28.4 Å². The Morgan fingerprint density at radius 3 is 2.72 bits per heavy atom. The van der Waals surface area contributed by atoms with Crippen LogP contribution in [0.3, 0.4) is 0 Å². The van der Waals surface area contributed by atoms with Gasteiger partial charge in [-0.1, -0.05) is 36.7 Å². The number of benzene rings is 1. The zero-order chi connectivity index (χ0) is 13.5. The van der Waals surface area contributed by atoms with Gasteiger partial charge in [0.1, 0.15) is 0 Å². The van der Waals surface area contributed by atoms with Crippen LogP contribution in [0, 0.1) is 5.92 Å². The van der Waals surface area contributed by atoms with Crippen molar-refractivity contribution in [2.24, 2.45) is 5.92 Å². The molecule has 1 rings (SSSR count). The lowest BCUT2D eigenvalue weighted by Gasteiger charge is -2.10. The molecular formula is C13H17ClO3S. The third kappa shape index (κ3) is 4.78. The predicted octanol–water partition coefficient (Wildman–Crippen LogP) is 2.79. The first-order valence-corrected chi connectivity index (χ1v) is 7.66. The van der Waals surface area contributed by atoms with Crippen LogP contribution in [-0.2, 0) is 26.1 Å². The molecule has 1 aromatic rings. The van der Waals surface area contributed by atoms with Crippen LogP contribution in [0.5, 0.6) is 0 Å². The van der Waals surface area contributed by atoms with Gasteiger partial charge in [-0.3, -0.25) is 9.00 Å². The van der Waals surface area contributed by atoms with Crippen molar-refractivity contribution in [2.45, 2.75) is 19.6 Å². The summed E-state index contributed by atoms with van der Waals surface area (Å²) in [5.74, 6) is 0.00582. The summed E-state index contributed by atoms with van der Waals surface area (Å²) < 4.78 is 16.8. The minimum Gasteiger partial charge on any atom is -0.466 e. The topological polar surface area (TPSA) is 43.4 Å². The maximum absolute atomic E-state index is 11.9. The number of esters is 1. The second-order valence-electron chi connectivity index (χ2n) is 4.00. The molecule has 0 N–H and O–H groups in total. The second kappa shape index (κ2) is 7.54. The Hall–Kier alpha value is -0.870. The lowest BCUT2D eigenvalue weighted by molar-refractivity contribution is -0.146. The maximum atomic E-state index is 11.9. The molecule has 0 heterocycles. The highest BCUT2D eigenvalue weighted by Crippen LogP contribution is 2.17. The van der Waals surface area contributed by atoms with Crippen LogP contribution >= 0.6 is 11.6 Å². The molecule has 0 radical (unpaired) electrons. The molecule has 2 unspecified atom stereocenters. The number of halogens is 1. The first-order chi connectivity index (χ1) is 8.54. The van der Waals surface area contributed by atoms with Gasteiger partial charge < -0.3 is 4.74 Å². The van der Waals surface area contributed by atoms with E-state index >= 15 is 0 Å². The van der Waals surface area contributed by atoms with Gasteiger partial charge in [-0.15, -0.1) is 0 Å². The summed E-state index contributed by atoms with van der Waals surface area (Å²) in [6.07, 6.45) is 0. The standard InChI is InChI=1S/C13H17ClO3S/c1-3-17-13(15)10(2)8-18(16)9-11-6-4-5-7-12(11)14/h4-7,10H,3,8-9H2,1-2H3. The number of ether oxygens (including phenoxy) is 1. The van der Waals surface area contributed by atoms with Crippen molar-refractivity contribution in [3.05, 3.63) is 34.9 Å². The van der Waals surface area contributed by atoms with Gasteiger partial charge in [-0.25, -0.2) is 0 Å². The molecule has 0 aromatic heterocycles. The van der Waals surface area contributed by atoms with Gasteiger partial charge in [0, 0.05) is 21.6 Å². The Labute approximate surface area is 115 Å². The van der Waals surface area contributed by atoms with E-state index < -0.39 is 10.8 Å². The molecule has 0 spiro atoms. The molecule has 18 heavy (non-hydrogen) atoms. The quantitative estimate of drug-likeness (QED) is 0.756. The van der Waals surface area contributed by atoms with Crippen LogP contribution in [0.15, 0.2) is 24.3 Å². The predicted molar refractivity (Wildman–Crippen MR) is 74.0 cm³/mol. The van der Waals surface area contributed by atoms with E-state index in [0.29, 0.717) is 23.1 Å². The molecule has 0 bridgehead atoms. The molecule has 100 valence electrons. The van der Waals surface area contributed by atoms with Gasteiger partial charge in [-0.2, -0.15) is 0 Å². The van der Waals surface area contributed by atoms with E-state index in [9.17, 15) is 9.00 Å². The second-order valence-corrected chi connectivity index (χ2v) is 5.90. The minimum absolute atomic E-state index is 0.296. The Balaban J connectivity index is 2.52. The van der Waals surface area contributed by atoms with Crippen LogP contribution in [0.4, 0.5) is 0 Å². The van der Waals surface area contributed by atoms with E-state index in [0.717, 1.165) is 5.56 Å². The molecular weight excluding hydrogens is 272 g/mol. The van der Waals surface area contributed by atoms with Gasteiger partial charge in [0.25, 0.3) is 0 Å². The fraction of sp³-hybridized carbons (Fsp3) is 0.462. The molecule has 0 amide bonds. The summed E-state index contributed by atoms with van der Waals surface area (Å²) in [5.41, 5.74) is 0.841. The molecule has 0 fully saturated rings. The molecule has 3 nitrogen and oxygen atoms in total. The first-order valence-electron chi connectivity index (χ1n) is 5.79. The van der Waals surface area contributed by atoms with Crippen LogP contribution in [0.25, 0.3) is 0 Å². The summed E-state index contributed by atoms with van der Waals surface area (Å²) in [4.78, 5) is 11.4. The van der Waals surface area contributed by atoms with E-state index in [2.05, 4.69) is 0 Å². The van der Waals surface area contributed by atoms with E-state index in [1.54, 1.807) is 19.9 Å². The summed E-state index contributed by atoms with van der Waals surface area (Å²) in [5, 5.41) is 0.606. The van der Waals surface area contributed by atoms with Crippen LogP contribution < -0.4 is 0 Å². The van der Waals surface area contributed by atoms with Crippen LogP contribution in [-0.4, -0.2) is 22.5 Å². The van der Waals surface area contributed by atoms with Crippen molar-refractivity contribution in [1.29, 1.82) is 0 Å². The summed E-state index contributed by atoms with van der Waals surface area (Å²) in [6.45, 7) is 3.83. The average Bonchev–Trinajstić information content (AvgIpc) is 2.32. The van der Waals surface area contributed by atoms with Crippen molar-refractivity contribution in [1.82, 2.24) is 0 Å². The fourth-order valence-corrected chi connectivity index (χ4v) is 3.17. The SMILES string of the molecule is CCOC(=O)C(C)CS(=O)Cc1ccccc1Cl. The molecule has 2 atom stereocenters. The monoisotopic (exact) mass is 288 g/mol. The molecule has 0 saturated carbocycles. The van der Waals surface area contributed by atoms with Gasteiger partial charge in [0.15, 0.2) is 0 Å². The van der Waals surface area contributed by atoms with Gasteiger partial charge in [0.2, 0.25) is 0 Å². The smallest absolute Gasteiger partial charge is 0.309 e. The highest BCUT2D eigenvalue weighted by Gasteiger charge is 2.17. The number of hydrogen-bond donors (Lipinski definition) is 0. The Bertz CT molecular complexity index is 434. The Morgan fingerprint density at radius 2 is 2.11 bits per heavy atom. The molecule has 0 saturated heterocycles.